The van der Waals surface area contributed by atoms with E-state index in [1.165, 1.54) is 5.56 Å². The van der Waals surface area contributed by atoms with Crippen molar-refractivity contribution in [2.45, 2.75) is 45.3 Å². The fourth-order valence-corrected chi connectivity index (χ4v) is 2.05. The molecule has 0 amide bonds. The maximum absolute atomic E-state index is 5.93. The molecular weight excluding hydrogens is 246 g/mol. The minimum Gasteiger partial charge on any atom is -0.379 e. The number of hydrogen-bond acceptors (Lipinski definition) is 2. The molecule has 0 saturated carbocycles. The molecule has 3 heteroatoms. The van der Waals surface area contributed by atoms with Crippen LogP contribution in [-0.4, -0.2) is 19.3 Å². The molecule has 1 atom stereocenters. The van der Waals surface area contributed by atoms with Gasteiger partial charge in [-0.05, 0) is 50.9 Å². The number of hydrogen-bond donors (Lipinski definition) is 1. The largest absolute Gasteiger partial charge is 0.379 e. The zero-order chi connectivity index (χ0) is 13.6. The topological polar surface area (TPSA) is 21.3 Å². The summed E-state index contributed by atoms with van der Waals surface area (Å²) in [6, 6.07) is 8.44. The van der Waals surface area contributed by atoms with Crippen LogP contribution in [0.15, 0.2) is 24.3 Å². The molecule has 2 nitrogen and oxygen atoms in total. The Morgan fingerprint density at radius 1 is 1.28 bits per heavy atom. The van der Waals surface area contributed by atoms with Gasteiger partial charge in [-0.2, -0.15) is 0 Å². The summed E-state index contributed by atoms with van der Waals surface area (Å²) >= 11 is 5.93. The molecule has 0 fully saturated rings. The Labute approximate surface area is 116 Å². The third-order valence-electron chi connectivity index (χ3n) is 3.31. The van der Waals surface area contributed by atoms with Crippen LogP contribution >= 0.6 is 11.6 Å². The number of nitrogens with one attached hydrogen (secondary N) is 1. The first kappa shape index (κ1) is 15.5. The summed E-state index contributed by atoms with van der Waals surface area (Å²) in [6.45, 7) is 7.33. The van der Waals surface area contributed by atoms with E-state index in [0.29, 0.717) is 6.04 Å². The summed E-state index contributed by atoms with van der Waals surface area (Å²) in [5.74, 6) is 0. The Kier molecular flexibility index (Phi) is 6.13. The van der Waals surface area contributed by atoms with Crippen LogP contribution in [0.3, 0.4) is 0 Å². The molecule has 0 heterocycles. The highest BCUT2D eigenvalue weighted by atomic mass is 35.5. The third kappa shape index (κ3) is 4.97. The van der Waals surface area contributed by atoms with Gasteiger partial charge in [-0.25, -0.2) is 0 Å². The molecule has 1 rings (SSSR count). The first-order valence-corrected chi connectivity index (χ1v) is 6.90. The number of ether oxygens (including phenoxy) is 1. The van der Waals surface area contributed by atoms with Crippen molar-refractivity contribution in [3.63, 3.8) is 0 Å². The summed E-state index contributed by atoms with van der Waals surface area (Å²) in [5, 5.41) is 4.30. The van der Waals surface area contributed by atoms with Gasteiger partial charge in [0.25, 0.3) is 0 Å². The second-order valence-corrected chi connectivity index (χ2v) is 5.60. The van der Waals surface area contributed by atoms with E-state index in [9.17, 15) is 0 Å². The Morgan fingerprint density at radius 3 is 2.39 bits per heavy atom. The van der Waals surface area contributed by atoms with Gasteiger partial charge in [0.2, 0.25) is 0 Å². The summed E-state index contributed by atoms with van der Waals surface area (Å²) in [5.41, 5.74) is 1.22. The summed E-state index contributed by atoms with van der Waals surface area (Å²) in [7, 11) is 1.77. The van der Waals surface area contributed by atoms with E-state index in [1.807, 2.05) is 12.1 Å². The monoisotopic (exact) mass is 269 g/mol. The zero-order valence-electron chi connectivity index (χ0n) is 11.8. The van der Waals surface area contributed by atoms with Gasteiger partial charge in [0, 0.05) is 18.2 Å². The molecule has 102 valence electrons. The number of rotatable bonds is 7. The van der Waals surface area contributed by atoms with Crippen molar-refractivity contribution < 1.29 is 4.74 Å². The van der Waals surface area contributed by atoms with Gasteiger partial charge in [0.1, 0.15) is 0 Å². The molecule has 0 aromatic heterocycles. The lowest BCUT2D eigenvalue weighted by Crippen LogP contribution is -2.27. The van der Waals surface area contributed by atoms with E-state index in [2.05, 4.69) is 38.2 Å². The minimum atomic E-state index is -0.0693. The van der Waals surface area contributed by atoms with Gasteiger partial charge in [0.15, 0.2) is 0 Å². The number of methoxy groups -OCH3 is 1. The predicted molar refractivity (Wildman–Crippen MR) is 78.2 cm³/mol. The Balaban J connectivity index is 2.68. The summed E-state index contributed by atoms with van der Waals surface area (Å²) in [6.07, 6.45) is 2.07. The maximum atomic E-state index is 5.93. The van der Waals surface area contributed by atoms with Gasteiger partial charge in [-0.3, -0.25) is 0 Å². The van der Waals surface area contributed by atoms with Crippen molar-refractivity contribution in [3.8, 4) is 0 Å². The highest BCUT2D eigenvalue weighted by Crippen LogP contribution is 2.25. The second kappa shape index (κ2) is 7.13. The lowest BCUT2D eigenvalue weighted by atomic mass is 9.95. The molecule has 0 bridgehead atoms. The standard InChI is InChI=1S/C15H24ClNO/c1-5-17-14(10-11-15(2,3)18-4)12-6-8-13(16)9-7-12/h6-9,14,17H,5,10-11H2,1-4H3. The molecule has 0 aliphatic rings. The van der Waals surface area contributed by atoms with E-state index >= 15 is 0 Å². The highest BCUT2D eigenvalue weighted by Gasteiger charge is 2.19. The highest BCUT2D eigenvalue weighted by molar-refractivity contribution is 6.30. The lowest BCUT2D eigenvalue weighted by Gasteiger charge is -2.26. The quantitative estimate of drug-likeness (QED) is 0.801. The average molecular weight is 270 g/mol. The van der Waals surface area contributed by atoms with Gasteiger partial charge in [-0.1, -0.05) is 30.7 Å². The van der Waals surface area contributed by atoms with Crippen LogP contribution in [-0.2, 0) is 4.74 Å². The first-order valence-electron chi connectivity index (χ1n) is 6.52. The van der Waals surface area contributed by atoms with Gasteiger partial charge in [0.05, 0.1) is 5.60 Å². The minimum absolute atomic E-state index is 0.0693. The van der Waals surface area contributed by atoms with Crippen LogP contribution in [0, 0.1) is 0 Å². The lowest BCUT2D eigenvalue weighted by molar-refractivity contribution is 0.0117. The van der Waals surface area contributed by atoms with Gasteiger partial charge < -0.3 is 10.1 Å². The molecule has 18 heavy (non-hydrogen) atoms. The fourth-order valence-electron chi connectivity index (χ4n) is 1.92. The Morgan fingerprint density at radius 2 is 1.89 bits per heavy atom. The van der Waals surface area contributed by atoms with Crippen molar-refractivity contribution in [2.24, 2.45) is 0 Å². The number of benzene rings is 1. The maximum Gasteiger partial charge on any atom is 0.0623 e. The van der Waals surface area contributed by atoms with Gasteiger partial charge in [-0.15, -0.1) is 0 Å². The van der Waals surface area contributed by atoms with Crippen LogP contribution < -0.4 is 5.32 Å². The van der Waals surface area contributed by atoms with E-state index in [-0.39, 0.29) is 5.60 Å². The average Bonchev–Trinajstić information content (AvgIpc) is 2.36. The van der Waals surface area contributed by atoms with E-state index in [1.54, 1.807) is 7.11 Å². The normalized spacial score (nSPS) is 13.6. The molecule has 0 aliphatic heterocycles. The molecule has 0 spiro atoms. The van der Waals surface area contributed by atoms with Crippen molar-refractivity contribution in [1.82, 2.24) is 5.32 Å². The van der Waals surface area contributed by atoms with E-state index in [0.717, 1.165) is 24.4 Å². The third-order valence-corrected chi connectivity index (χ3v) is 3.56. The molecule has 1 aromatic rings. The summed E-state index contributed by atoms with van der Waals surface area (Å²) < 4.78 is 5.47. The van der Waals surface area contributed by atoms with Crippen LogP contribution in [0.5, 0.6) is 0 Å². The molecule has 0 radical (unpaired) electrons. The Bertz CT molecular complexity index is 348. The zero-order valence-corrected chi connectivity index (χ0v) is 12.6. The molecule has 0 saturated heterocycles. The van der Waals surface area contributed by atoms with Crippen LogP contribution in [0.2, 0.25) is 5.02 Å². The predicted octanol–water partition coefficient (Wildman–Crippen LogP) is 4.20. The van der Waals surface area contributed by atoms with Crippen LogP contribution in [0.1, 0.15) is 45.2 Å². The number of halogens is 1. The van der Waals surface area contributed by atoms with Crippen molar-refractivity contribution in [3.05, 3.63) is 34.9 Å². The second-order valence-electron chi connectivity index (χ2n) is 5.16. The van der Waals surface area contributed by atoms with E-state index in [4.69, 9.17) is 16.3 Å². The molecule has 1 unspecified atom stereocenters. The molecule has 1 N–H and O–H groups in total. The van der Waals surface area contributed by atoms with Crippen molar-refractivity contribution >= 4 is 11.6 Å². The molecular formula is C15H24ClNO. The SMILES string of the molecule is CCNC(CCC(C)(C)OC)c1ccc(Cl)cc1. The van der Waals surface area contributed by atoms with Crippen molar-refractivity contribution in [2.75, 3.05) is 13.7 Å². The molecule has 1 aromatic carbocycles. The van der Waals surface area contributed by atoms with Crippen molar-refractivity contribution in [1.29, 1.82) is 0 Å². The van der Waals surface area contributed by atoms with Crippen LogP contribution in [0.25, 0.3) is 0 Å². The summed E-state index contributed by atoms with van der Waals surface area (Å²) in [4.78, 5) is 0. The Hall–Kier alpha value is -0.570. The smallest absolute Gasteiger partial charge is 0.0623 e. The fraction of sp³-hybridized carbons (Fsp3) is 0.600. The molecule has 0 aliphatic carbocycles. The van der Waals surface area contributed by atoms with Crippen LogP contribution in [0.4, 0.5) is 0 Å². The van der Waals surface area contributed by atoms with Gasteiger partial charge >= 0.3 is 0 Å². The first-order chi connectivity index (χ1) is 8.48. The van der Waals surface area contributed by atoms with E-state index < -0.39 is 0 Å².